The van der Waals surface area contributed by atoms with Crippen molar-refractivity contribution in [1.82, 2.24) is 19.7 Å². The van der Waals surface area contributed by atoms with Gasteiger partial charge in [0.25, 0.3) is 0 Å². The van der Waals surface area contributed by atoms with Crippen LogP contribution in [0.15, 0.2) is 72.1 Å². The Morgan fingerprint density at radius 1 is 1.00 bits per heavy atom. The number of halogens is 3. The summed E-state index contributed by atoms with van der Waals surface area (Å²) in [4.78, 5) is 7.16. The molecule has 0 saturated carbocycles. The van der Waals surface area contributed by atoms with Crippen molar-refractivity contribution in [2.75, 3.05) is 5.43 Å². The van der Waals surface area contributed by atoms with Crippen molar-refractivity contribution < 1.29 is 13.2 Å². The first-order valence-electron chi connectivity index (χ1n) is 8.68. The quantitative estimate of drug-likeness (QED) is 0.403. The lowest BCUT2D eigenvalue weighted by Crippen LogP contribution is -2.12. The Labute approximate surface area is 163 Å². The maximum atomic E-state index is 13.1. The molecule has 2 heterocycles. The summed E-state index contributed by atoms with van der Waals surface area (Å²) < 4.78 is 40.9. The zero-order chi connectivity index (χ0) is 20.3. The smallest absolute Gasteiger partial charge is 0.268 e. The van der Waals surface area contributed by atoms with E-state index in [4.69, 9.17) is 0 Å². The summed E-state index contributed by atoms with van der Waals surface area (Å²) in [5, 5.41) is 8.72. The summed E-state index contributed by atoms with van der Waals surface area (Å²) in [6, 6.07) is 16.3. The molecule has 4 rings (SSSR count). The normalized spacial score (nSPS) is 12.0. The first-order valence-corrected chi connectivity index (χ1v) is 8.68. The monoisotopic (exact) mass is 396 g/mol. The zero-order valence-corrected chi connectivity index (χ0v) is 15.0. The van der Waals surface area contributed by atoms with E-state index < -0.39 is 12.0 Å². The molecular weight excluding hydrogens is 381 g/mol. The van der Waals surface area contributed by atoms with Crippen LogP contribution in [0, 0.1) is 0 Å². The highest BCUT2D eigenvalue weighted by Gasteiger charge is 2.35. The van der Waals surface area contributed by atoms with Gasteiger partial charge in [-0.25, -0.2) is 9.97 Å². The third-order valence-corrected chi connectivity index (χ3v) is 4.08. The summed E-state index contributed by atoms with van der Waals surface area (Å²) in [6.45, 7) is 0.605. The molecule has 4 aromatic rings. The SMILES string of the molecule is FC(F)(F)c1nc(N/N=C\c2cnn(Cc3ccccc3)c2)c2ccccc2n1. The van der Waals surface area contributed by atoms with Gasteiger partial charge in [-0.1, -0.05) is 42.5 Å². The van der Waals surface area contributed by atoms with Crippen molar-refractivity contribution >= 4 is 22.9 Å². The van der Waals surface area contributed by atoms with E-state index in [1.54, 1.807) is 35.3 Å². The second kappa shape index (κ2) is 7.70. The van der Waals surface area contributed by atoms with Crippen LogP contribution in [0.25, 0.3) is 10.9 Å². The van der Waals surface area contributed by atoms with E-state index in [1.165, 1.54) is 12.3 Å². The molecule has 0 aliphatic heterocycles. The largest absolute Gasteiger partial charge is 0.451 e. The molecule has 29 heavy (non-hydrogen) atoms. The number of hydrazone groups is 1. The van der Waals surface area contributed by atoms with Crippen LogP contribution in [0.4, 0.5) is 19.0 Å². The molecule has 0 fully saturated rings. The maximum absolute atomic E-state index is 13.1. The van der Waals surface area contributed by atoms with Crippen LogP contribution < -0.4 is 5.43 Å². The van der Waals surface area contributed by atoms with Crippen LogP contribution in [0.5, 0.6) is 0 Å². The molecule has 2 aromatic heterocycles. The number of hydrogen-bond donors (Lipinski definition) is 1. The molecular formula is C20H15F3N6. The third kappa shape index (κ3) is 4.40. The van der Waals surface area contributed by atoms with Crippen LogP contribution in [-0.2, 0) is 12.7 Å². The van der Waals surface area contributed by atoms with E-state index in [2.05, 4.69) is 25.6 Å². The number of anilines is 1. The molecule has 9 heteroatoms. The molecule has 0 bridgehead atoms. The minimum atomic E-state index is -4.65. The predicted molar refractivity (Wildman–Crippen MR) is 104 cm³/mol. The topological polar surface area (TPSA) is 68.0 Å². The average molecular weight is 396 g/mol. The summed E-state index contributed by atoms with van der Waals surface area (Å²) in [6.07, 6.45) is 0.228. The number of nitrogens with zero attached hydrogens (tertiary/aromatic N) is 5. The molecule has 6 nitrogen and oxygen atoms in total. The zero-order valence-electron chi connectivity index (χ0n) is 15.0. The molecule has 0 saturated heterocycles. The van der Waals surface area contributed by atoms with Crippen molar-refractivity contribution in [2.24, 2.45) is 5.10 Å². The number of hydrogen-bond acceptors (Lipinski definition) is 5. The number of alkyl halides is 3. The van der Waals surface area contributed by atoms with Crippen LogP contribution in [0.1, 0.15) is 17.0 Å². The van der Waals surface area contributed by atoms with Crippen LogP contribution >= 0.6 is 0 Å². The van der Waals surface area contributed by atoms with Crippen LogP contribution in [-0.4, -0.2) is 26.0 Å². The van der Waals surface area contributed by atoms with Gasteiger partial charge >= 0.3 is 6.18 Å². The number of benzene rings is 2. The molecule has 2 aromatic carbocycles. The highest BCUT2D eigenvalue weighted by molar-refractivity contribution is 5.89. The average Bonchev–Trinajstić information content (AvgIpc) is 3.15. The van der Waals surface area contributed by atoms with E-state index in [-0.39, 0.29) is 11.3 Å². The summed E-state index contributed by atoms with van der Waals surface area (Å²) in [5.74, 6) is -1.24. The van der Waals surface area contributed by atoms with E-state index in [9.17, 15) is 13.2 Å². The lowest BCUT2D eigenvalue weighted by molar-refractivity contribution is -0.144. The van der Waals surface area contributed by atoms with Crippen molar-refractivity contribution in [3.63, 3.8) is 0 Å². The summed E-state index contributed by atoms with van der Waals surface area (Å²) in [5.41, 5.74) is 4.57. The molecule has 0 atom stereocenters. The van der Waals surface area contributed by atoms with Gasteiger partial charge in [0.2, 0.25) is 5.82 Å². The summed E-state index contributed by atoms with van der Waals surface area (Å²) in [7, 11) is 0. The van der Waals surface area contributed by atoms with Gasteiger partial charge in [0.05, 0.1) is 24.5 Å². The number of rotatable bonds is 5. The highest BCUT2D eigenvalue weighted by Crippen LogP contribution is 2.30. The van der Waals surface area contributed by atoms with Gasteiger partial charge in [-0.2, -0.15) is 23.4 Å². The molecule has 0 unspecified atom stereocenters. The van der Waals surface area contributed by atoms with Crippen molar-refractivity contribution in [3.8, 4) is 0 Å². The van der Waals surface area contributed by atoms with Gasteiger partial charge in [-0.15, -0.1) is 0 Å². The second-order valence-corrected chi connectivity index (χ2v) is 6.24. The van der Waals surface area contributed by atoms with Gasteiger partial charge in [0, 0.05) is 17.1 Å². The van der Waals surface area contributed by atoms with Crippen molar-refractivity contribution in [3.05, 3.63) is 83.9 Å². The fraction of sp³-hybridized carbons (Fsp3) is 0.100. The third-order valence-electron chi connectivity index (χ3n) is 4.08. The Balaban J connectivity index is 1.53. The fourth-order valence-electron chi connectivity index (χ4n) is 2.76. The van der Waals surface area contributed by atoms with Crippen molar-refractivity contribution in [2.45, 2.75) is 12.7 Å². The highest BCUT2D eigenvalue weighted by atomic mass is 19.4. The predicted octanol–water partition coefficient (Wildman–Crippen LogP) is 4.34. The second-order valence-electron chi connectivity index (χ2n) is 6.24. The number of para-hydroxylation sites is 1. The Hall–Kier alpha value is -3.75. The van der Waals surface area contributed by atoms with Crippen molar-refractivity contribution in [1.29, 1.82) is 0 Å². The maximum Gasteiger partial charge on any atom is 0.451 e. The number of aromatic nitrogens is 4. The van der Waals surface area contributed by atoms with Crippen LogP contribution in [0.3, 0.4) is 0 Å². The van der Waals surface area contributed by atoms with E-state index in [0.717, 1.165) is 5.56 Å². The Bertz CT molecular complexity index is 1150. The molecule has 1 N–H and O–H groups in total. The molecule has 0 aliphatic rings. The molecule has 0 aliphatic carbocycles. The van der Waals surface area contributed by atoms with Gasteiger partial charge in [-0.3, -0.25) is 10.1 Å². The molecule has 0 spiro atoms. The first-order chi connectivity index (χ1) is 14.0. The van der Waals surface area contributed by atoms with Gasteiger partial charge in [0.1, 0.15) is 0 Å². The lowest BCUT2D eigenvalue weighted by Gasteiger charge is -2.09. The lowest BCUT2D eigenvalue weighted by atomic mass is 10.2. The van der Waals surface area contributed by atoms with E-state index in [1.807, 2.05) is 30.3 Å². The van der Waals surface area contributed by atoms with Gasteiger partial charge in [-0.05, 0) is 17.7 Å². The Morgan fingerprint density at radius 3 is 2.55 bits per heavy atom. The van der Waals surface area contributed by atoms with Crippen LogP contribution in [0.2, 0.25) is 0 Å². The number of nitrogens with one attached hydrogen (secondary N) is 1. The fourth-order valence-corrected chi connectivity index (χ4v) is 2.76. The minimum absolute atomic E-state index is 0.0177. The standard InChI is InChI=1S/C20H15F3N6/c21-20(22,23)19-26-17-9-5-4-8-16(17)18(27-19)28-24-10-15-11-25-29(13-15)12-14-6-2-1-3-7-14/h1-11,13H,12H2,(H,26,27,28)/b24-10-. The molecule has 0 amide bonds. The van der Waals surface area contributed by atoms with E-state index in [0.29, 0.717) is 17.5 Å². The minimum Gasteiger partial charge on any atom is -0.268 e. The summed E-state index contributed by atoms with van der Waals surface area (Å²) >= 11 is 0. The first kappa shape index (κ1) is 18.6. The number of fused-ring (bicyclic) bond motifs is 1. The molecule has 146 valence electrons. The van der Waals surface area contributed by atoms with Gasteiger partial charge < -0.3 is 0 Å². The Morgan fingerprint density at radius 2 is 1.76 bits per heavy atom. The Kier molecular flexibility index (Phi) is 4.94. The van der Waals surface area contributed by atoms with Gasteiger partial charge in [0.15, 0.2) is 5.82 Å². The van der Waals surface area contributed by atoms with E-state index >= 15 is 0 Å². The molecule has 0 radical (unpaired) electrons.